The van der Waals surface area contributed by atoms with E-state index in [4.69, 9.17) is 0 Å². The summed E-state index contributed by atoms with van der Waals surface area (Å²) in [7, 11) is 0. The van der Waals surface area contributed by atoms with Gasteiger partial charge in [0.15, 0.2) is 0 Å². The Morgan fingerprint density at radius 3 is 3.00 bits per heavy atom. The fourth-order valence-electron chi connectivity index (χ4n) is 1.13. The van der Waals surface area contributed by atoms with Gasteiger partial charge in [-0.2, -0.15) is 0 Å². The molecule has 2 amide bonds. The van der Waals surface area contributed by atoms with E-state index >= 15 is 0 Å². The van der Waals surface area contributed by atoms with Crippen molar-refractivity contribution in [1.29, 1.82) is 0 Å². The second-order valence-electron chi connectivity index (χ2n) is 3.32. The summed E-state index contributed by atoms with van der Waals surface area (Å²) < 4.78 is 0. The van der Waals surface area contributed by atoms with E-state index in [1.165, 1.54) is 0 Å². The molecule has 0 aliphatic heterocycles. The first kappa shape index (κ1) is 11.5. The lowest BCUT2D eigenvalue weighted by Gasteiger charge is -2.06. The summed E-state index contributed by atoms with van der Waals surface area (Å²) >= 11 is 0. The summed E-state index contributed by atoms with van der Waals surface area (Å²) in [5.41, 5.74) is 1.00. The maximum absolute atomic E-state index is 11.2. The Balaban J connectivity index is 2.17. The molecule has 0 spiro atoms. The predicted molar refractivity (Wildman–Crippen MR) is 59.4 cm³/mol. The molecule has 0 saturated carbocycles. The van der Waals surface area contributed by atoms with Crippen LogP contribution < -0.4 is 10.6 Å². The summed E-state index contributed by atoms with van der Waals surface area (Å²) in [5, 5.41) is 5.55. The van der Waals surface area contributed by atoms with E-state index in [1.54, 1.807) is 12.4 Å². The van der Waals surface area contributed by atoms with Gasteiger partial charge in [0.2, 0.25) is 0 Å². The van der Waals surface area contributed by atoms with Gasteiger partial charge < -0.3 is 10.6 Å². The maximum Gasteiger partial charge on any atom is 0.315 e. The molecule has 2 N–H and O–H groups in total. The number of amides is 2. The second kappa shape index (κ2) is 6.81. The summed E-state index contributed by atoms with van der Waals surface area (Å²) in [6.45, 7) is 3.34. The molecule has 82 valence electrons. The van der Waals surface area contributed by atoms with Gasteiger partial charge in [0.25, 0.3) is 0 Å². The average molecular weight is 207 g/mol. The minimum atomic E-state index is -0.118. The summed E-state index contributed by atoms with van der Waals surface area (Å²) in [4.78, 5) is 15.2. The summed E-state index contributed by atoms with van der Waals surface area (Å²) in [6, 6.07) is 3.66. The number of urea groups is 1. The van der Waals surface area contributed by atoms with Crippen LogP contribution in [-0.2, 0) is 6.54 Å². The van der Waals surface area contributed by atoms with Gasteiger partial charge in [-0.1, -0.05) is 19.4 Å². The van der Waals surface area contributed by atoms with Crippen LogP contribution in [0.15, 0.2) is 24.5 Å². The lowest BCUT2D eigenvalue weighted by Crippen LogP contribution is -2.35. The van der Waals surface area contributed by atoms with Gasteiger partial charge in [-0.3, -0.25) is 4.98 Å². The van der Waals surface area contributed by atoms with Crippen molar-refractivity contribution in [1.82, 2.24) is 15.6 Å². The van der Waals surface area contributed by atoms with Crippen LogP contribution in [0.1, 0.15) is 25.3 Å². The molecule has 0 aliphatic carbocycles. The van der Waals surface area contributed by atoms with Gasteiger partial charge in [0, 0.05) is 25.5 Å². The van der Waals surface area contributed by atoms with Crippen molar-refractivity contribution in [2.24, 2.45) is 0 Å². The molecule has 0 aliphatic rings. The number of carbonyl (C=O) groups is 1. The fraction of sp³-hybridized carbons (Fsp3) is 0.455. The molecule has 1 heterocycles. The van der Waals surface area contributed by atoms with Gasteiger partial charge in [0.1, 0.15) is 0 Å². The van der Waals surface area contributed by atoms with Crippen molar-refractivity contribution in [3.05, 3.63) is 30.1 Å². The van der Waals surface area contributed by atoms with E-state index in [1.807, 2.05) is 12.1 Å². The van der Waals surface area contributed by atoms with E-state index < -0.39 is 0 Å². The minimum absolute atomic E-state index is 0.118. The highest BCUT2D eigenvalue weighted by Crippen LogP contribution is 1.93. The Hall–Kier alpha value is -1.58. The molecule has 0 unspecified atom stereocenters. The lowest BCUT2D eigenvalue weighted by molar-refractivity contribution is 0.240. The molecule has 1 aromatic heterocycles. The van der Waals surface area contributed by atoms with Gasteiger partial charge in [0.05, 0.1) is 0 Å². The van der Waals surface area contributed by atoms with E-state index in [0.29, 0.717) is 6.54 Å². The molecule has 0 bridgehead atoms. The zero-order valence-electron chi connectivity index (χ0n) is 8.99. The first-order valence-corrected chi connectivity index (χ1v) is 5.23. The van der Waals surface area contributed by atoms with Crippen molar-refractivity contribution in [2.75, 3.05) is 6.54 Å². The van der Waals surface area contributed by atoms with Crippen LogP contribution in [-0.4, -0.2) is 17.6 Å². The third-order valence-corrected chi connectivity index (χ3v) is 1.99. The van der Waals surface area contributed by atoms with Gasteiger partial charge in [-0.05, 0) is 18.1 Å². The monoisotopic (exact) mass is 207 g/mol. The zero-order chi connectivity index (χ0) is 10.9. The van der Waals surface area contributed by atoms with Crippen LogP contribution >= 0.6 is 0 Å². The molecule has 0 fully saturated rings. The molecular weight excluding hydrogens is 190 g/mol. The molecule has 0 radical (unpaired) electrons. The lowest BCUT2D eigenvalue weighted by atomic mass is 10.3. The van der Waals surface area contributed by atoms with Crippen LogP contribution in [0.2, 0.25) is 0 Å². The third-order valence-electron chi connectivity index (χ3n) is 1.99. The van der Waals surface area contributed by atoms with E-state index in [2.05, 4.69) is 22.5 Å². The van der Waals surface area contributed by atoms with E-state index in [-0.39, 0.29) is 6.03 Å². The fourth-order valence-corrected chi connectivity index (χ4v) is 1.13. The summed E-state index contributed by atoms with van der Waals surface area (Å²) in [6.07, 6.45) is 5.56. The number of pyridine rings is 1. The number of rotatable bonds is 5. The van der Waals surface area contributed by atoms with Crippen LogP contribution in [0.25, 0.3) is 0 Å². The maximum atomic E-state index is 11.2. The van der Waals surface area contributed by atoms with Crippen molar-refractivity contribution in [3.63, 3.8) is 0 Å². The quantitative estimate of drug-likeness (QED) is 0.722. The highest BCUT2D eigenvalue weighted by atomic mass is 16.2. The zero-order valence-corrected chi connectivity index (χ0v) is 8.99. The molecule has 4 nitrogen and oxygen atoms in total. The van der Waals surface area contributed by atoms with Crippen molar-refractivity contribution in [3.8, 4) is 0 Å². The smallest absolute Gasteiger partial charge is 0.315 e. The number of nitrogens with zero attached hydrogens (tertiary/aromatic N) is 1. The van der Waals surface area contributed by atoms with Crippen LogP contribution in [0, 0.1) is 0 Å². The topological polar surface area (TPSA) is 54.0 Å². The van der Waals surface area contributed by atoms with Crippen LogP contribution in [0.4, 0.5) is 4.79 Å². The number of unbranched alkanes of at least 4 members (excludes halogenated alkanes) is 1. The Morgan fingerprint density at radius 1 is 1.47 bits per heavy atom. The molecule has 1 aromatic rings. The molecule has 0 atom stereocenters. The van der Waals surface area contributed by atoms with Crippen molar-refractivity contribution in [2.45, 2.75) is 26.3 Å². The van der Waals surface area contributed by atoms with Crippen LogP contribution in [0.3, 0.4) is 0 Å². The van der Waals surface area contributed by atoms with E-state index in [0.717, 1.165) is 24.9 Å². The predicted octanol–water partition coefficient (Wildman–Crippen LogP) is 1.68. The molecule has 15 heavy (non-hydrogen) atoms. The Morgan fingerprint density at radius 2 is 2.33 bits per heavy atom. The Kier molecular flexibility index (Phi) is 5.22. The molecule has 1 rings (SSSR count). The van der Waals surface area contributed by atoms with E-state index in [9.17, 15) is 4.79 Å². The Bertz CT molecular complexity index is 287. The first-order chi connectivity index (χ1) is 7.33. The highest BCUT2D eigenvalue weighted by molar-refractivity contribution is 5.73. The molecule has 4 heteroatoms. The minimum Gasteiger partial charge on any atom is -0.338 e. The SMILES string of the molecule is CCCCNC(=O)NCc1cccnc1. The van der Waals surface area contributed by atoms with Crippen LogP contribution in [0.5, 0.6) is 0 Å². The molecule has 0 saturated heterocycles. The number of nitrogens with one attached hydrogen (secondary N) is 2. The van der Waals surface area contributed by atoms with Gasteiger partial charge in [-0.25, -0.2) is 4.79 Å². The largest absolute Gasteiger partial charge is 0.338 e. The van der Waals surface area contributed by atoms with Gasteiger partial charge in [-0.15, -0.1) is 0 Å². The normalized spacial score (nSPS) is 9.67. The first-order valence-electron chi connectivity index (χ1n) is 5.23. The van der Waals surface area contributed by atoms with Crippen molar-refractivity contribution < 1.29 is 4.79 Å². The second-order valence-corrected chi connectivity index (χ2v) is 3.32. The highest BCUT2D eigenvalue weighted by Gasteiger charge is 1.98. The van der Waals surface area contributed by atoms with Gasteiger partial charge >= 0.3 is 6.03 Å². The Labute approximate surface area is 90.1 Å². The number of hydrogen-bond acceptors (Lipinski definition) is 2. The molecular formula is C11H17N3O. The number of carbonyl (C=O) groups excluding carboxylic acids is 1. The number of aromatic nitrogens is 1. The standard InChI is InChI=1S/C11H17N3O/c1-2-3-7-13-11(15)14-9-10-5-4-6-12-8-10/h4-6,8H,2-3,7,9H2,1H3,(H2,13,14,15). The third kappa shape index (κ3) is 5.00. The molecule has 0 aromatic carbocycles. The summed E-state index contributed by atoms with van der Waals surface area (Å²) in [5.74, 6) is 0. The van der Waals surface area contributed by atoms with Crippen molar-refractivity contribution >= 4 is 6.03 Å². The average Bonchev–Trinajstić information content (AvgIpc) is 2.28. The number of hydrogen-bond donors (Lipinski definition) is 2.